The third-order valence-corrected chi connectivity index (χ3v) is 11.1. The molecule has 0 saturated carbocycles. The summed E-state index contributed by atoms with van der Waals surface area (Å²) in [6.07, 6.45) is 2.74. The van der Waals surface area contributed by atoms with Crippen molar-refractivity contribution in [2.75, 3.05) is 48.0 Å². The highest BCUT2D eigenvalue weighted by molar-refractivity contribution is 6.21. The SMILES string of the molecule is C=CCOc1c(C)c2c(c3c1C[C@H]1[C@@H]4c5c(cc(C)c(OC)c5OCOC)C[C@H]([C@H](C#N)N1[C@H]3CN1C(=O)c3ccccc3C1=O)N4C)OCO2. The smallest absolute Gasteiger partial charge is 0.261 e. The predicted octanol–water partition coefficient (Wildman–Crippen LogP) is 4.66. The van der Waals surface area contributed by atoms with Gasteiger partial charge in [-0.15, -0.1) is 0 Å². The largest absolute Gasteiger partial charge is 0.493 e. The third-order valence-electron chi connectivity index (χ3n) is 11.1. The average Bonchev–Trinajstić information content (AvgIpc) is 3.71. The molecule has 0 unspecified atom stereocenters. The molecule has 2 amide bonds. The molecular formula is C39H40N4O8. The Balaban J connectivity index is 1.37. The summed E-state index contributed by atoms with van der Waals surface area (Å²) in [5.41, 5.74) is 6.14. The van der Waals surface area contributed by atoms with Crippen LogP contribution in [0.15, 0.2) is 43.0 Å². The van der Waals surface area contributed by atoms with Gasteiger partial charge in [0.15, 0.2) is 29.8 Å². The molecule has 0 radical (unpaired) electrons. The first-order chi connectivity index (χ1) is 24.7. The van der Waals surface area contributed by atoms with Crippen LogP contribution < -0.4 is 23.7 Å². The summed E-state index contributed by atoms with van der Waals surface area (Å²) in [6.45, 7) is 8.10. The zero-order chi connectivity index (χ0) is 35.7. The number of ether oxygens (including phenoxy) is 6. The number of hydrogen-bond donors (Lipinski definition) is 0. The minimum absolute atomic E-state index is 0.00590. The minimum Gasteiger partial charge on any atom is -0.493 e. The summed E-state index contributed by atoms with van der Waals surface area (Å²) in [5, 5.41) is 11.1. The number of methoxy groups -OCH3 is 2. The van der Waals surface area contributed by atoms with Crippen LogP contribution in [0.1, 0.15) is 66.2 Å². The van der Waals surface area contributed by atoms with Crippen LogP contribution in [0.3, 0.4) is 0 Å². The Labute approximate surface area is 296 Å². The second-order valence-electron chi connectivity index (χ2n) is 13.6. The molecule has 264 valence electrons. The van der Waals surface area contributed by atoms with Crippen LogP contribution in [0.25, 0.3) is 0 Å². The Morgan fingerprint density at radius 2 is 1.71 bits per heavy atom. The van der Waals surface area contributed by atoms with E-state index in [9.17, 15) is 14.9 Å². The molecule has 0 aromatic heterocycles. The maximum Gasteiger partial charge on any atom is 0.261 e. The van der Waals surface area contributed by atoms with Crippen molar-refractivity contribution >= 4 is 11.8 Å². The molecular weight excluding hydrogens is 652 g/mol. The Morgan fingerprint density at radius 3 is 2.37 bits per heavy atom. The Kier molecular flexibility index (Phi) is 8.17. The predicted molar refractivity (Wildman–Crippen MR) is 185 cm³/mol. The summed E-state index contributed by atoms with van der Waals surface area (Å²) < 4.78 is 36.3. The molecule has 2 bridgehead atoms. The van der Waals surface area contributed by atoms with Crippen molar-refractivity contribution in [1.82, 2.24) is 14.7 Å². The van der Waals surface area contributed by atoms with Gasteiger partial charge in [-0.25, -0.2) is 0 Å². The molecule has 1 saturated heterocycles. The lowest BCUT2D eigenvalue weighted by atomic mass is 9.71. The lowest BCUT2D eigenvalue weighted by molar-refractivity contribution is -0.0766. The molecule has 3 aromatic rings. The van der Waals surface area contributed by atoms with E-state index >= 15 is 0 Å². The second-order valence-corrected chi connectivity index (χ2v) is 13.6. The number of nitriles is 1. The third kappa shape index (κ3) is 4.75. The van der Waals surface area contributed by atoms with Gasteiger partial charge in [-0.05, 0) is 57.0 Å². The standard InChI is InChI=1S/C39H40N4O8/c1-7-12-48-34-21(3)35-37(51-19-50-35)31-25(34)15-27-32-30-22(13-20(2)33(47-6)36(30)49-18-46-5)14-26(41(32)4)28(16-40)43(27)29(31)17-42-38(44)23-10-8-9-11-24(23)39(42)45/h7-11,13,26-29,32H,1,12,14-15,17-19H2,2-6H3/t26-,27+,28+,29+,32-/m1/s1. The molecule has 8 rings (SSSR count). The number of nitrogens with zero attached hydrogens (tertiary/aromatic N) is 4. The fourth-order valence-electron chi connectivity index (χ4n) is 9.16. The highest BCUT2D eigenvalue weighted by atomic mass is 16.7. The van der Waals surface area contributed by atoms with Crippen molar-refractivity contribution in [3.8, 4) is 34.8 Å². The van der Waals surface area contributed by atoms with Crippen molar-refractivity contribution in [2.24, 2.45) is 0 Å². The van der Waals surface area contributed by atoms with E-state index < -0.39 is 12.1 Å². The van der Waals surface area contributed by atoms with Gasteiger partial charge in [0.1, 0.15) is 18.4 Å². The second kappa shape index (κ2) is 12.6. The molecule has 51 heavy (non-hydrogen) atoms. The number of hydrogen-bond acceptors (Lipinski definition) is 11. The highest BCUT2D eigenvalue weighted by Gasteiger charge is 2.57. The van der Waals surface area contributed by atoms with E-state index in [4.69, 9.17) is 28.4 Å². The van der Waals surface area contributed by atoms with Crippen molar-refractivity contribution in [3.05, 3.63) is 87.5 Å². The van der Waals surface area contributed by atoms with Crippen molar-refractivity contribution < 1.29 is 38.0 Å². The quantitative estimate of drug-likeness (QED) is 0.177. The van der Waals surface area contributed by atoms with Crippen LogP contribution in [0.5, 0.6) is 28.7 Å². The van der Waals surface area contributed by atoms with Gasteiger partial charge in [0, 0.05) is 48.0 Å². The first-order valence-electron chi connectivity index (χ1n) is 17.1. The van der Waals surface area contributed by atoms with Crippen LogP contribution in [0.2, 0.25) is 0 Å². The van der Waals surface area contributed by atoms with Gasteiger partial charge in [0.2, 0.25) is 6.79 Å². The number of rotatable bonds is 9. The van der Waals surface area contributed by atoms with Crippen LogP contribution in [0.4, 0.5) is 0 Å². The fourth-order valence-corrected chi connectivity index (χ4v) is 9.16. The monoisotopic (exact) mass is 692 g/mol. The summed E-state index contributed by atoms with van der Waals surface area (Å²) in [6, 6.07) is 9.60. The van der Waals surface area contributed by atoms with Gasteiger partial charge in [0.05, 0.1) is 36.4 Å². The lowest BCUT2D eigenvalue weighted by Crippen LogP contribution is -2.69. The number of carbonyl (C=O) groups is 2. The lowest BCUT2D eigenvalue weighted by Gasteiger charge is -2.60. The number of benzene rings is 3. The van der Waals surface area contributed by atoms with Crippen molar-refractivity contribution in [2.45, 2.75) is 56.9 Å². The van der Waals surface area contributed by atoms with E-state index in [0.717, 1.165) is 33.4 Å². The van der Waals surface area contributed by atoms with E-state index in [-0.39, 0.29) is 56.7 Å². The molecule has 12 heteroatoms. The number of amides is 2. The van der Waals surface area contributed by atoms with Crippen LogP contribution in [0, 0.1) is 25.2 Å². The van der Waals surface area contributed by atoms with Crippen molar-refractivity contribution in [1.29, 1.82) is 5.26 Å². The molecule has 12 nitrogen and oxygen atoms in total. The minimum atomic E-state index is -0.635. The van der Waals surface area contributed by atoms with Gasteiger partial charge in [-0.3, -0.25) is 24.3 Å². The first-order valence-corrected chi connectivity index (χ1v) is 17.1. The maximum absolute atomic E-state index is 13.9. The van der Waals surface area contributed by atoms with Crippen molar-refractivity contribution in [3.63, 3.8) is 0 Å². The number of likely N-dealkylation sites (N-methyl/N-ethyl adjacent to an activating group) is 1. The van der Waals surface area contributed by atoms with Gasteiger partial charge in [0.25, 0.3) is 11.8 Å². The zero-order valence-electron chi connectivity index (χ0n) is 29.4. The molecule has 3 aromatic carbocycles. The van der Waals surface area contributed by atoms with Gasteiger partial charge >= 0.3 is 0 Å². The van der Waals surface area contributed by atoms with E-state index in [1.165, 1.54) is 4.90 Å². The molecule has 5 atom stereocenters. The molecule has 0 N–H and O–H groups in total. The first kappa shape index (κ1) is 33.1. The zero-order valence-corrected chi connectivity index (χ0v) is 29.4. The molecule has 5 heterocycles. The number of carbonyl (C=O) groups excluding carboxylic acids is 2. The summed E-state index contributed by atoms with van der Waals surface area (Å²) in [7, 11) is 5.27. The van der Waals surface area contributed by atoms with Crippen LogP contribution in [-0.4, -0.2) is 92.6 Å². The topological polar surface area (TPSA) is 123 Å². The Morgan fingerprint density at radius 1 is 0.980 bits per heavy atom. The number of aryl methyl sites for hydroxylation is 1. The van der Waals surface area contributed by atoms with E-state index in [2.05, 4.69) is 35.6 Å². The number of imide groups is 1. The van der Waals surface area contributed by atoms with Gasteiger partial charge in [-0.2, -0.15) is 5.26 Å². The average molecular weight is 693 g/mol. The van der Waals surface area contributed by atoms with E-state index in [1.54, 1.807) is 44.6 Å². The highest BCUT2D eigenvalue weighted by Crippen LogP contribution is 2.59. The summed E-state index contributed by atoms with van der Waals surface area (Å²) >= 11 is 0. The van der Waals surface area contributed by atoms with Crippen LogP contribution >= 0.6 is 0 Å². The van der Waals surface area contributed by atoms with Gasteiger partial charge < -0.3 is 28.4 Å². The maximum atomic E-state index is 13.9. The Hall–Kier alpha value is -5.09. The van der Waals surface area contributed by atoms with E-state index in [0.29, 0.717) is 52.7 Å². The molecule has 5 aliphatic heterocycles. The fraction of sp³-hybridized carbons (Fsp3) is 0.410. The van der Waals surface area contributed by atoms with E-state index in [1.807, 2.05) is 13.8 Å². The number of fused-ring (bicyclic) bond motifs is 10. The summed E-state index contributed by atoms with van der Waals surface area (Å²) in [4.78, 5) is 33.7. The van der Waals surface area contributed by atoms with Gasteiger partial charge in [-0.1, -0.05) is 30.9 Å². The molecule has 5 aliphatic rings. The molecule has 1 fully saturated rings. The normalized spacial score (nSPS) is 24.3. The molecule has 0 aliphatic carbocycles. The summed E-state index contributed by atoms with van der Waals surface area (Å²) in [5.74, 6) is 2.25. The molecule has 0 spiro atoms. The van der Waals surface area contributed by atoms with Crippen LogP contribution in [-0.2, 0) is 17.6 Å². The number of piperazine rings is 1. The Bertz CT molecular complexity index is 1990.